The molecule has 0 radical (unpaired) electrons. The molecule has 0 aromatic carbocycles. The Labute approximate surface area is 92.4 Å². The molecule has 0 bridgehead atoms. The van der Waals surface area contributed by atoms with Crippen LogP contribution >= 0.6 is 0 Å². The van der Waals surface area contributed by atoms with Gasteiger partial charge >= 0.3 is 5.97 Å². The Balaban J connectivity index is 2.51. The molecule has 0 aliphatic heterocycles. The van der Waals surface area contributed by atoms with Gasteiger partial charge in [0.25, 0.3) is 0 Å². The molecule has 1 fully saturated rings. The van der Waals surface area contributed by atoms with Gasteiger partial charge in [-0.1, -0.05) is 20.8 Å². The number of hydrogen-bond donors (Lipinski definition) is 1. The Morgan fingerprint density at radius 1 is 1.53 bits per heavy atom. The van der Waals surface area contributed by atoms with Crippen molar-refractivity contribution < 1.29 is 9.53 Å². The molecular formula is C12H23NO2. The van der Waals surface area contributed by atoms with Crippen molar-refractivity contribution in [2.45, 2.75) is 46.1 Å². The lowest BCUT2D eigenvalue weighted by Crippen LogP contribution is -2.45. The summed E-state index contributed by atoms with van der Waals surface area (Å²) in [5.41, 5.74) is 5.73. The molecule has 1 saturated carbocycles. The van der Waals surface area contributed by atoms with Gasteiger partial charge in [0.15, 0.2) is 0 Å². The fourth-order valence-corrected chi connectivity index (χ4v) is 2.23. The van der Waals surface area contributed by atoms with Crippen molar-refractivity contribution in [3.8, 4) is 0 Å². The number of hydrogen-bond acceptors (Lipinski definition) is 3. The van der Waals surface area contributed by atoms with Gasteiger partial charge in [-0.2, -0.15) is 0 Å². The zero-order valence-electron chi connectivity index (χ0n) is 10.2. The zero-order valence-corrected chi connectivity index (χ0v) is 10.2. The summed E-state index contributed by atoms with van der Waals surface area (Å²) < 4.78 is 4.69. The van der Waals surface area contributed by atoms with Gasteiger partial charge in [-0.15, -0.1) is 0 Å². The van der Waals surface area contributed by atoms with Crippen LogP contribution in [0.4, 0.5) is 0 Å². The first-order chi connectivity index (χ1) is 6.88. The molecule has 0 saturated heterocycles. The summed E-state index contributed by atoms with van der Waals surface area (Å²) in [7, 11) is 1.39. The van der Waals surface area contributed by atoms with Gasteiger partial charge in [0.1, 0.15) is 6.04 Å². The normalized spacial score (nSPS) is 20.9. The van der Waals surface area contributed by atoms with Crippen LogP contribution in [0.2, 0.25) is 0 Å². The topological polar surface area (TPSA) is 52.3 Å². The second kappa shape index (κ2) is 4.52. The molecule has 88 valence electrons. The van der Waals surface area contributed by atoms with Crippen LogP contribution in [0.1, 0.15) is 40.0 Å². The minimum absolute atomic E-state index is 0.172. The number of rotatable bonds is 5. The summed E-state index contributed by atoms with van der Waals surface area (Å²) in [6.07, 6.45) is 3.67. The fourth-order valence-electron chi connectivity index (χ4n) is 2.23. The molecule has 0 aromatic rings. The minimum Gasteiger partial charge on any atom is -0.468 e. The molecule has 2 unspecified atom stereocenters. The van der Waals surface area contributed by atoms with Crippen molar-refractivity contribution in [2.24, 2.45) is 23.0 Å². The quantitative estimate of drug-likeness (QED) is 0.710. The van der Waals surface area contributed by atoms with Crippen LogP contribution in [0.5, 0.6) is 0 Å². The fraction of sp³-hybridized carbons (Fsp3) is 0.917. The van der Waals surface area contributed by atoms with Crippen LogP contribution < -0.4 is 5.73 Å². The molecule has 1 aliphatic carbocycles. The summed E-state index contributed by atoms with van der Waals surface area (Å²) >= 11 is 0. The van der Waals surface area contributed by atoms with E-state index < -0.39 is 6.04 Å². The molecule has 15 heavy (non-hydrogen) atoms. The van der Waals surface area contributed by atoms with Crippen molar-refractivity contribution in [3.63, 3.8) is 0 Å². The van der Waals surface area contributed by atoms with Gasteiger partial charge in [0.2, 0.25) is 0 Å². The van der Waals surface area contributed by atoms with Crippen molar-refractivity contribution in [1.82, 2.24) is 0 Å². The standard InChI is InChI=1S/C12H23NO2/c1-8(9-5-6-9)7-12(2,3)10(13)11(14)15-4/h8-10H,5-7,13H2,1-4H3. The molecule has 3 heteroatoms. The zero-order chi connectivity index (χ0) is 11.6. The maximum atomic E-state index is 11.4. The molecule has 0 amide bonds. The summed E-state index contributed by atoms with van der Waals surface area (Å²) in [4.78, 5) is 11.4. The van der Waals surface area contributed by atoms with Crippen LogP contribution in [-0.4, -0.2) is 19.1 Å². The SMILES string of the molecule is COC(=O)C(N)C(C)(C)CC(C)C1CC1. The van der Waals surface area contributed by atoms with Crippen LogP contribution in [0.15, 0.2) is 0 Å². The first-order valence-corrected chi connectivity index (χ1v) is 5.72. The molecule has 0 spiro atoms. The number of ether oxygens (including phenoxy) is 1. The van der Waals surface area contributed by atoms with Gasteiger partial charge in [-0.05, 0) is 36.5 Å². The highest BCUT2D eigenvalue weighted by Gasteiger charge is 2.38. The summed E-state index contributed by atoms with van der Waals surface area (Å²) in [5.74, 6) is 1.22. The number of methoxy groups -OCH3 is 1. The van der Waals surface area contributed by atoms with E-state index in [-0.39, 0.29) is 11.4 Å². The first kappa shape index (κ1) is 12.5. The van der Waals surface area contributed by atoms with Crippen LogP contribution in [0.3, 0.4) is 0 Å². The molecule has 0 heterocycles. The van der Waals surface area contributed by atoms with Crippen LogP contribution in [0, 0.1) is 17.3 Å². The summed E-state index contributed by atoms with van der Waals surface area (Å²) in [5, 5.41) is 0. The minimum atomic E-state index is -0.510. The Morgan fingerprint density at radius 3 is 2.47 bits per heavy atom. The molecule has 1 rings (SSSR count). The van der Waals surface area contributed by atoms with Gasteiger partial charge in [0.05, 0.1) is 7.11 Å². The van der Waals surface area contributed by atoms with Gasteiger partial charge in [-0.3, -0.25) is 4.79 Å². The lowest BCUT2D eigenvalue weighted by molar-refractivity contribution is -0.145. The highest BCUT2D eigenvalue weighted by atomic mass is 16.5. The Bertz CT molecular complexity index is 234. The lowest BCUT2D eigenvalue weighted by Gasteiger charge is -2.32. The molecule has 0 aromatic heterocycles. The number of nitrogens with two attached hydrogens (primary N) is 1. The molecule has 3 nitrogen and oxygen atoms in total. The van der Waals surface area contributed by atoms with E-state index in [9.17, 15) is 4.79 Å². The largest absolute Gasteiger partial charge is 0.468 e. The van der Waals surface area contributed by atoms with Crippen molar-refractivity contribution in [3.05, 3.63) is 0 Å². The third-order valence-electron chi connectivity index (χ3n) is 3.57. The molecule has 2 atom stereocenters. The second-order valence-corrected chi connectivity index (χ2v) is 5.51. The lowest BCUT2D eigenvalue weighted by atomic mass is 9.76. The first-order valence-electron chi connectivity index (χ1n) is 5.72. The molecule has 2 N–H and O–H groups in total. The van der Waals surface area contributed by atoms with E-state index in [0.717, 1.165) is 12.3 Å². The Morgan fingerprint density at radius 2 is 2.07 bits per heavy atom. The third kappa shape index (κ3) is 3.20. The van der Waals surface area contributed by atoms with E-state index in [1.807, 2.05) is 13.8 Å². The van der Waals surface area contributed by atoms with Crippen LogP contribution in [0.25, 0.3) is 0 Å². The monoisotopic (exact) mass is 213 g/mol. The number of carbonyl (C=O) groups is 1. The smallest absolute Gasteiger partial charge is 0.323 e. The predicted octanol–water partition coefficient (Wildman–Crippen LogP) is 1.95. The highest BCUT2D eigenvalue weighted by Crippen LogP contribution is 2.42. The van der Waals surface area contributed by atoms with Gasteiger partial charge < -0.3 is 10.5 Å². The molecular weight excluding hydrogens is 190 g/mol. The van der Waals surface area contributed by atoms with E-state index in [4.69, 9.17) is 10.5 Å². The average molecular weight is 213 g/mol. The predicted molar refractivity (Wildman–Crippen MR) is 60.3 cm³/mol. The highest BCUT2D eigenvalue weighted by molar-refractivity contribution is 5.76. The van der Waals surface area contributed by atoms with Crippen molar-refractivity contribution in [2.75, 3.05) is 7.11 Å². The Hall–Kier alpha value is -0.570. The molecule has 1 aliphatic rings. The number of carbonyl (C=O) groups excluding carboxylic acids is 1. The summed E-state index contributed by atoms with van der Waals surface area (Å²) in [6.45, 7) is 6.35. The van der Waals surface area contributed by atoms with E-state index in [2.05, 4.69) is 6.92 Å². The summed E-state index contributed by atoms with van der Waals surface area (Å²) in [6, 6.07) is -0.510. The van der Waals surface area contributed by atoms with Gasteiger partial charge in [0, 0.05) is 0 Å². The van der Waals surface area contributed by atoms with E-state index >= 15 is 0 Å². The third-order valence-corrected chi connectivity index (χ3v) is 3.57. The Kier molecular flexibility index (Phi) is 3.77. The number of esters is 1. The maximum absolute atomic E-state index is 11.4. The van der Waals surface area contributed by atoms with Crippen molar-refractivity contribution >= 4 is 5.97 Å². The van der Waals surface area contributed by atoms with Crippen LogP contribution in [-0.2, 0) is 9.53 Å². The maximum Gasteiger partial charge on any atom is 0.323 e. The van der Waals surface area contributed by atoms with E-state index in [1.165, 1.54) is 20.0 Å². The van der Waals surface area contributed by atoms with E-state index in [1.54, 1.807) is 0 Å². The van der Waals surface area contributed by atoms with E-state index in [0.29, 0.717) is 5.92 Å². The average Bonchev–Trinajstić information content (AvgIpc) is 2.97. The van der Waals surface area contributed by atoms with Gasteiger partial charge in [-0.25, -0.2) is 0 Å². The second-order valence-electron chi connectivity index (χ2n) is 5.51. The van der Waals surface area contributed by atoms with Crippen molar-refractivity contribution in [1.29, 1.82) is 0 Å².